The average molecular weight is 257 g/mol. The monoisotopic (exact) mass is 256 g/mol. The van der Waals surface area contributed by atoms with Crippen molar-refractivity contribution in [3.8, 4) is 5.88 Å². The average Bonchev–Trinajstić information content (AvgIpc) is 2.14. The van der Waals surface area contributed by atoms with Gasteiger partial charge in [0.05, 0.1) is 5.02 Å². The number of halogens is 1. The summed E-state index contributed by atoms with van der Waals surface area (Å²) in [6.45, 7) is 8.68. The van der Waals surface area contributed by atoms with E-state index >= 15 is 0 Å². The third-order valence-corrected chi connectivity index (χ3v) is 2.62. The van der Waals surface area contributed by atoms with E-state index in [-0.39, 0.29) is 5.54 Å². The van der Waals surface area contributed by atoms with Gasteiger partial charge in [-0.25, -0.2) is 4.98 Å². The third-order valence-electron chi connectivity index (χ3n) is 2.41. The van der Waals surface area contributed by atoms with Gasteiger partial charge in [-0.3, -0.25) is 0 Å². The minimum absolute atomic E-state index is 0.331. The maximum atomic E-state index is 6.17. The number of aromatic nitrogens is 1. The minimum atomic E-state index is -0.331. The lowest BCUT2D eigenvalue weighted by Gasteiger charge is -2.26. The number of rotatable bonds is 5. The number of ether oxygens (including phenoxy) is 1. The van der Waals surface area contributed by atoms with Crippen LogP contribution in [0, 0.1) is 12.8 Å². The fourth-order valence-corrected chi connectivity index (χ4v) is 2.12. The summed E-state index contributed by atoms with van der Waals surface area (Å²) in [6.07, 6.45) is 2.50. The summed E-state index contributed by atoms with van der Waals surface area (Å²) in [5.74, 6) is 1.16. The van der Waals surface area contributed by atoms with Crippen LogP contribution in [0.3, 0.4) is 0 Å². The molecule has 0 fully saturated rings. The van der Waals surface area contributed by atoms with Gasteiger partial charge in [0.1, 0.15) is 6.61 Å². The highest BCUT2D eigenvalue weighted by Gasteiger charge is 2.21. The molecule has 0 aromatic carbocycles. The second-order valence-corrected chi connectivity index (χ2v) is 5.75. The van der Waals surface area contributed by atoms with Gasteiger partial charge in [-0.2, -0.15) is 0 Å². The first-order valence-electron chi connectivity index (χ1n) is 5.84. The lowest BCUT2D eigenvalue weighted by molar-refractivity contribution is 0.199. The third kappa shape index (κ3) is 4.92. The molecule has 1 heterocycles. The van der Waals surface area contributed by atoms with Gasteiger partial charge in [0.2, 0.25) is 5.88 Å². The van der Waals surface area contributed by atoms with Gasteiger partial charge in [0.15, 0.2) is 0 Å². The molecule has 1 aromatic heterocycles. The molecule has 0 saturated heterocycles. The van der Waals surface area contributed by atoms with Crippen LogP contribution in [0.25, 0.3) is 0 Å². The van der Waals surface area contributed by atoms with E-state index in [1.165, 1.54) is 0 Å². The highest BCUT2D eigenvalue weighted by atomic mass is 35.5. The van der Waals surface area contributed by atoms with Gasteiger partial charge < -0.3 is 10.5 Å². The maximum absolute atomic E-state index is 6.17. The molecule has 4 heteroatoms. The van der Waals surface area contributed by atoms with E-state index in [0.717, 1.165) is 12.0 Å². The molecule has 96 valence electrons. The Morgan fingerprint density at radius 2 is 2.18 bits per heavy atom. The number of nitrogens with two attached hydrogens (primary N) is 1. The summed E-state index contributed by atoms with van der Waals surface area (Å²) >= 11 is 5.83. The zero-order chi connectivity index (χ0) is 13.1. The van der Waals surface area contributed by atoms with Crippen LogP contribution in [0.1, 0.15) is 32.8 Å². The molecule has 3 nitrogen and oxygen atoms in total. The fraction of sp³-hybridized carbons (Fsp3) is 0.615. The number of nitrogens with zero attached hydrogens (tertiary/aromatic N) is 1. The molecule has 0 spiro atoms. The quantitative estimate of drug-likeness (QED) is 0.880. The maximum Gasteiger partial charge on any atom is 0.216 e. The van der Waals surface area contributed by atoms with Crippen LogP contribution in [0.2, 0.25) is 5.02 Å². The largest absolute Gasteiger partial charge is 0.476 e. The van der Waals surface area contributed by atoms with Gasteiger partial charge in [0.25, 0.3) is 0 Å². The van der Waals surface area contributed by atoms with E-state index in [9.17, 15) is 0 Å². The molecular formula is C13H21ClN2O. The summed E-state index contributed by atoms with van der Waals surface area (Å²) in [5, 5.41) is 0.618. The fourth-order valence-electron chi connectivity index (χ4n) is 1.90. The summed E-state index contributed by atoms with van der Waals surface area (Å²) < 4.78 is 5.66. The van der Waals surface area contributed by atoms with Crippen LogP contribution in [-0.4, -0.2) is 17.1 Å². The van der Waals surface area contributed by atoms with Crippen molar-refractivity contribution < 1.29 is 4.74 Å². The van der Waals surface area contributed by atoms with Gasteiger partial charge in [-0.1, -0.05) is 25.4 Å². The van der Waals surface area contributed by atoms with Gasteiger partial charge in [-0.15, -0.1) is 0 Å². The normalized spacial score (nSPS) is 14.8. The van der Waals surface area contributed by atoms with E-state index < -0.39 is 0 Å². The van der Waals surface area contributed by atoms with E-state index in [4.69, 9.17) is 22.1 Å². The standard InChI is InChI=1S/C13H21ClN2O/c1-9(2)6-13(4,15)8-17-12-10(3)5-11(14)7-16-12/h5,7,9H,6,8,15H2,1-4H3/t13-/m0/s1. The van der Waals surface area contributed by atoms with Crippen molar-refractivity contribution in [2.45, 2.75) is 39.7 Å². The number of aryl methyl sites for hydroxylation is 1. The first kappa shape index (κ1) is 14.3. The van der Waals surface area contributed by atoms with Gasteiger partial charge in [-0.05, 0) is 32.3 Å². The molecule has 0 aliphatic heterocycles. The van der Waals surface area contributed by atoms with E-state index in [1.54, 1.807) is 6.20 Å². The Kier molecular flexibility index (Phi) is 4.78. The topological polar surface area (TPSA) is 48.1 Å². The molecule has 1 rings (SSSR count). The van der Waals surface area contributed by atoms with Crippen molar-refractivity contribution in [2.75, 3.05) is 6.61 Å². The van der Waals surface area contributed by atoms with Crippen molar-refractivity contribution in [1.82, 2.24) is 4.98 Å². The first-order valence-corrected chi connectivity index (χ1v) is 6.22. The summed E-state index contributed by atoms with van der Waals surface area (Å²) in [6, 6.07) is 1.83. The van der Waals surface area contributed by atoms with E-state index in [2.05, 4.69) is 18.8 Å². The second kappa shape index (κ2) is 5.69. The van der Waals surface area contributed by atoms with Crippen molar-refractivity contribution in [1.29, 1.82) is 0 Å². The number of pyridine rings is 1. The van der Waals surface area contributed by atoms with Crippen molar-refractivity contribution in [2.24, 2.45) is 11.7 Å². The van der Waals surface area contributed by atoms with E-state index in [1.807, 2.05) is 19.9 Å². The zero-order valence-electron chi connectivity index (χ0n) is 11.0. The predicted molar refractivity (Wildman–Crippen MR) is 71.5 cm³/mol. The van der Waals surface area contributed by atoms with Crippen LogP contribution in [-0.2, 0) is 0 Å². The molecular weight excluding hydrogens is 236 g/mol. The number of hydrogen-bond acceptors (Lipinski definition) is 3. The van der Waals surface area contributed by atoms with Gasteiger partial charge >= 0.3 is 0 Å². The van der Waals surface area contributed by atoms with E-state index in [0.29, 0.717) is 23.4 Å². The Bertz CT molecular complexity index is 378. The molecule has 1 aromatic rings. The molecule has 0 aliphatic carbocycles. The highest BCUT2D eigenvalue weighted by Crippen LogP contribution is 2.20. The Morgan fingerprint density at radius 3 is 2.71 bits per heavy atom. The summed E-state index contributed by atoms with van der Waals surface area (Å²) in [4.78, 5) is 4.15. The minimum Gasteiger partial charge on any atom is -0.476 e. The smallest absolute Gasteiger partial charge is 0.216 e. The molecule has 0 radical (unpaired) electrons. The molecule has 1 atom stereocenters. The Hall–Kier alpha value is -0.800. The molecule has 0 amide bonds. The van der Waals surface area contributed by atoms with Crippen LogP contribution >= 0.6 is 11.6 Å². The van der Waals surface area contributed by atoms with Crippen molar-refractivity contribution >= 4 is 11.6 Å². The van der Waals surface area contributed by atoms with Crippen LogP contribution in [0.5, 0.6) is 5.88 Å². The van der Waals surface area contributed by atoms with Crippen LogP contribution in [0.15, 0.2) is 12.3 Å². The second-order valence-electron chi connectivity index (χ2n) is 5.32. The van der Waals surface area contributed by atoms with Crippen molar-refractivity contribution in [3.63, 3.8) is 0 Å². The first-order chi connectivity index (χ1) is 7.80. The van der Waals surface area contributed by atoms with Crippen LogP contribution < -0.4 is 10.5 Å². The van der Waals surface area contributed by atoms with Crippen molar-refractivity contribution in [3.05, 3.63) is 22.8 Å². The Balaban J connectivity index is 2.61. The number of hydrogen-bond donors (Lipinski definition) is 1. The summed E-state index contributed by atoms with van der Waals surface area (Å²) in [7, 11) is 0. The molecule has 0 saturated carbocycles. The van der Waals surface area contributed by atoms with Crippen LogP contribution in [0.4, 0.5) is 0 Å². The lowest BCUT2D eigenvalue weighted by atomic mass is 9.93. The zero-order valence-corrected chi connectivity index (χ0v) is 11.7. The lowest BCUT2D eigenvalue weighted by Crippen LogP contribution is -2.43. The Labute approximate surface area is 108 Å². The predicted octanol–water partition coefficient (Wildman–Crippen LogP) is 3.19. The summed E-state index contributed by atoms with van der Waals surface area (Å²) in [5.41, 5.74) is 6.76. The molecule has 0 aliphatic rings. The highest BCUT2D eigenvalue weighted by molar-refractivity contribution is 6.30. The Morgan fingerprint density at radius 1 is 1.53 bits per heavy atom. The molecule has 0 unspecified atom stereocenters. The molecule has 0 bridgehead atoms. The van der Waals surface area contributed by atoms with Gasteiger partial charge in [0, 0.05) is 17.3 Å². The SMILES string of the molecule is Cc1cc(Cl)cnc1OC[C@@](C)(N)CC(C)C. The molecule has 17 heavy (non-hydrogen) atoms. The molecule has 2 N–H and O–H groups in total.